The standard InChI is InChI=1S/C19H27NO3/c1-2-19(14-21)8-10-20(11-9-19)18(22)13-17-16-6-4-3-5-15(16)7-12-23-17/h3-6,17,21H,2,7-14H2,1H3. The number of aliphatic hydroxyl groups excluding tert-OH is 1. The van der Waals surface area contributed by atoms with E-state index in [2.05, 4.69) is 19.1 Å². The summed E-state index contributed by atoms with van der Waals surface area (Å²) >= 11 is 0. The molecule has 0 aromatic heterocycles. The molecule has 0 saturated carbocycles. The highest BCUT2D eigenvalue weighted by Crippen LogP contribution is 2.35. The van der Waals surface area contributed by atoms with E-state index in [1.807, 2.05) is 17.0 Å². The second-order valence-corrected chi connectivity index (χ2v) is 6.90. The number of carbonyl (C=O) groups is 1. The highest BCUT2D eigenvalue weighted by molar-refractivity contribution is 5.77. The molecule has 1 aromatic carbocycles. The Hall–Kier alpha value is -1.39. The number of hydrogen-bond donors (Lipinski definition) is 1. The number of fused-ring (bicyclic) bond motifs is 1. The molecule has 126 valence electrons. The topological polar surface area (TPSA) is 49.8 Å². The summed E-state index contributed by atoms with van der Waals surface area (Å²) in [4.78, 5) is 14.6. The minimum absolute atomic E-state index is 0.0186. The van der Waals surface area contributed by atoms with Crippen molar-refractivity contribution >= 4 is 5.91 Å². The van der Waals surface area contributed by atoms with Crippen LogP contribution in [0.2, 0.25) is 0 Å². The molecule has 1 N–H and O–H groups in total. The van der Waals surface area contributed by atoms with Crippen molar-refractivity contribution < 1.29 is 14.6 Å². The third-order valence-electron chi connectivity index (χ3n) is 5.71. The Balaban J connectivity index is 1.61. The first-order valence-electron chi connectivity index (χ1n) is 8.75. The molecule has 1 unspecified atom stereocenters. The lowest BCUT2D eigenvalue weighted by Crippen LogP contribution is -2.45. The maximum absolute atomic E-state index is 12.6. The average Bonchev–Trinajstić information content (AvgIpc) is 2.62. The second kappa shape index (κ2) is 7.02. The first-order chi connectivity index (χ1) is 11.2. The normalized spacial score (nSPS) is 23.4. The van der Waals surface area contributed by atoms with Gasteiger partial charge in [-0.1, -0.05) is 31.2 Å². The molecule has 1 aromatic rings. The summed E-state index contributed by atoms with van der Waals surface area (Å²) in [5.74, 6) is 0.175. The molecule has 0 spiro atoms. The lowest BCUT2D eigenvalue weighted by Gasteiger charge is -2.40. The number of hydrogen-bond acceptors (Lipinski definition) is 3. The van der Waals surface area contributed by atoms with E-state index in [9.17, 15) is 9.90 Å². The molecule has 2 heterocycles. The van der Waals surface area contributed by atoms with E-state index < -0.39 is 0 Å². The molecular formula is C19H27NO3. The highest BCUT2D eigenvalue weighted by atomic mass is 16.5. The van der Waals surface area contributed by atoms with Crippen LogP contribution in [0.25, 0.3) is 0 Å². The minimum atomic E-state index is -0.108. The van der Waals surface area contributed by atoms with E-state index in [0.29, 0.717) is 13.0 Å². The molecule has 0 radical (unpaired) electrons. The Morgan fingerprint density at radius 2 is 2.09 bits per heavy atom. The number of rotatable bonds is 4. The third-order valence-corrected chi connectivity index (χ3v) is 5.71. The fraction of sp³-hybridized carbons (Fsp3) is 0.632. The van der Waals surface area contributed by atoms with Crippen LogP contribution in [0.15, 0.2) is 24.3 Å². The predicted molar refractivity (Wildman–Crippen MR) is 89.1 cm³/mol. The molecule has 4 nitrogen and oxygen atoms in total. The number of benzene rings is 1. The van der Waals surface area contributed by atoms with Gasteiger partial charge >= 0.3 is 0 Å². The van der Waals surface area contributed by atoms with Gasteiger partial charge in [0.15, 0.2) is 0 Å². The van der Waals surface area contributed by atoms with Gasteiger partial charge in [-0.15, -0.1) is 0 Å². The number of amides is 1. The quantitative estimate of drug-likeness (QED) is 0.929. The Morgan fingerprint density at radius 3 is 2.78 bits per heavy atom. The van der Waals surface area contributed by atoms with Crippen molar-refractivity contribution in [3.8, 4) is 0 Å². The Kier molecular flexibility index (Phi) is 5.02. The monoisotopic (exact) mass is 317 g/mol. The molecule has 2 aliphatic rings. The van der Waals surface area contributed by atoms with Crippen molar-refractivity contribution in [2.24, 2.45) is 5.41 Å². The molecule has 1 atom stereocenters. The summed E-state index contributed by atoms with van der Waals surface area (Å²) in [6.45, 7) is 4.55. The zero-order chi connectivity index (χ0) is 16.3. The van der Waals surface area contributed by atoms with Gasteiger partial charge in [-0.05, 0) is 42.2 Å². The molecular weight excluding hydrogens is 290 g/mol. The molecule has 4 heteroatoms. The predicted octanol–water partition coefficient (Wildman–Crippen LogP) is 2.70. The fourth-order valence-corrected chi connectivity index (χ4v) is 3.79. The summed E-state index contributed by atoms with van der Waals surface area (Å²) in [6, 6.07) is 8.28. The average molecular weight is 317 g/mol. The van der Waals surface area contributed by atoms with Gasteiger partial charge in [0.25, 0.3) is 0 Å². The van der Waals surface area contributed by atoms with Crippen molar-refractivity contribution in [1.29, 1.82) is 0 Å². The maximum Gasteiger partial charge on any atom is 0.225 e. The molecule has 1 saturated heterocycles. The first-order valence-corrected chi connectivity index (χ1v) is 8.75. The molecule has 2 aliphatic heterocycles. The Morgan fingerprint density at radius 1 is 1.35 bits per heavy atom. The fourth-order valence-electron chi connectivity index (χ4n) is 3.79. The van der Waals surface area contributed by atoms with Gasteiger partial charge in [0, 0.05) is 19.7 Å². The lowest BCUT2D eigenvalue weighted by molar-refractivity contribution is -0.137. The van der Waals surface area contributed by atoms with E-state index in [4.69, 9.17) is 4.74 Å². The van der Waals surface area contributed by atoms with Crippen molar-refractivity contribution in [3.63, 3.8) is 0 Å². The Bertz CT molecular complexity index is 543. The van der Waals surface area contributed by atoms with Crippen LogP contribution in [0.3, 0.4) is 0 Å². The molecule has 1 amide bonds. The van der Waals surface area contributed by atoms with E-state index >= 15 is 0 Å². The van der Waals surface area contributed by atoms with Crippen LogP contribution < -0.4 is 0 Å². The third kappa shape index (κ3) is 3.43. The van der Waals surface area contributed by atoms with Crippen molar-refractivity contribution in [1.82, 2.24) is 4.90 Å². The van der Waals surface area contributed by atoms with E-state index in [0.717, 1.165) is 38.8 Å². The van der Waals surface area contributed by atoms with E-state index in [1.165, 1.54) is 11.1 Å². The van der Waals surface area contributed by atoms with Crippen molar-refractivity contribution in [3.05, 3.63) is 35.4 Å². The second-order valence-electron chi connectivity index (χ2n) is 6.90. The van der Waals surface area contributed by atoms with Gasteiger partial charge in [0.2, 0.25) is 5.91 Å². The van der Waals surface area contributed by atoms with Gasteiger partial charge in [-0.25, -0.2) is 0 Å². The highest BCUT2D eigenvalue weighted by Gasteiger charge is 2.34. The van der Waals surface area contributed by atoms with Crippen LogP contribution >= 0.6 is 0 Å². The number of nitrogens with zero attached hydrogens (tertiary/aromatic N) is 1. The van der Waals surface area contributed by atoms with Crippen LogP contribution in [0.1, 0.15) is 49.8 Å². The van der Waals surface area contributed by atoms with Gasteiger partial charge in [-0.3, -0.25) is 4.79 Å². The van der Waals surface area contributed by atoms with Crippen LogP contribution in [0.5, 0.6) is 0 Å². The molecule has 3 rings (SSSR count). The maximum atomic E-state index is 12.6. The summed E-state index contributed by atoms with van der Waals surface area (Å²) in [5.41, 5.74) is 2.49. The van der Waals surface area contributed by atoms with Gasteiger partial charge < -0.3 is 14.7 Å². The molecule has 23 heavy (non-hydrogen) atoms. The summed E-state index contributed by atoms with van der Waals surface area (Å²) in [6.07, 6.45) is 4.02. The van der Waals surface area contributed by atoms with E-state index in [-0.39, 0.29) is 24.0 Å². The SMILES string of the molecule is CCC1(CO)CCN(C(=O)CC2OCCc3ccccc32)CC1. The zero-order valence-electron chi connectivity index (χ0n) is 14.0. The summed E-state index contributed by atoms with van der Waals surface area (Å²) in [5, 5.41) is 9.61. The van der Waals surface area contributed by atoms with Crippen molar-refractivity contribution in [2.45, 2.75) is 45.1 Å². The van der Waals surface area contributed by atoms with Crippen molar-refractivity contribution in [2.75, 3.05) is 26.3 Å². The van der Waals surface area contributed by atoms with Crippen LogP contribution in [-0.4, -0.2) is 42.2 Å². The molecule has 0 bridgehead atoms. The number of carbonyl (C=O) groups excluding carboxylic acids is 1. The zero-order valence-corrected chi connectivity index (χ0v) is 14.0. The number of aliphatic hydroxyl groups is 1. The summed E-state index contributed by atoms with van der Waals surface area (Å²) in [7, 11) is 0. The first kappa shape index (κ1) is 16.5. The van der Waals surface area contributed by atoms with Gasteiger partial charge in [0.05, 0.1) is 19.1 Å². The molecule has 0 aliphatic carbocycles. The lowest BCUT2D eigenvalue weighted by atomic mass is 9.77. The number of piperidine rings is 1. The summed E-state index contributed by atoms with van der Waals surface area (Å²) < 4.78 is 5.86. The Labute approximate surface area is 138 Å². The molecule has 1 fully saturated rings. The van der Waals surface area contributed by atoms with Crippen LogP contribution in [0.4, 0.5) is 0 Å². The van der Waals surface area contributed by atoms with E-state index in [1.54, 1.807) is 0 Å². The van der Waals surface area contributed by atoms with Gasteiger partial charge in [0.1, 0.15) is 0 Å². The van der Waals surface area contributed by atoms with Crippen LogP contribution in [-0.2, 0) is 16.0 Å². The number of likely N-dealkylation sites (tertiary alicyclic amines) is 1. The largest absolute Gasteiger partial charge is 0.396 e. The minimum Gasteiger partial charge on any atom is -0.396 e. The smallest absolute Gasteiger partial charge is 0.225 e. The van der Waals surface area contributed by atoms with Gasteiger partial charge in [-0.2, -0.15) is 0 Å². The van der Waals surface area contributed by atoms with Crippen LogP contribution in [0, 0.1) is 5.41 Å². The number of ether oxygens (including phenoxy) is 1.